The van der Waals surface area contributed by atoms with Gasteiger partial charge in [-0.05, 0) is 74.3 Å². The minimum Gasteiger partial charge on any atom is -0.455 e. The highest BCUT2D eigenvalue weighted by atomic mass is 16.3. The number of aromatic nitrogens is 2. The summed E-state index contributed by atoms with van der Waals surface area (Å²) in [4.78, 5) is 10.1. The highest BCUT2D eigenvalue weighted by Gasteiger charge is 2.52. The number of nitrogens with zero attached hydrogens (tertiary/aromatic N) is 2. The molecular weight excluding hydrogens is 681 g/mol. The summed E-state index contributed by atoms with van der Waals surface area (Å²) >= 11 is 0. The van der Waals surface area contributed by atoms with Crippen molar-refractivity contribution >= 4 is 21.9 Å². The van der Waals surface area contributed by atoms with Crippen molar-refractivity contribution in [2.24, 2.45) is 0 Å². The van der Waals surface area contributed by atoms with Gasteiger partial charge >= 0.3 is 0 Å². The van der Waals surface area contributed by atoms with Gasteiger partial charge < -0.3 is 4.42 Å². The second-order valence-electron chi connectivity index (χ2n) is 14.8. The van der Waals surface area contributed by atoms with E-state index in [0.717, 1.165) is 61.1 Å². The fourth-order valence-electron chi connectivity index (χ4n) is 9.51. The van der Waals surface area contributed by atoms with Gasteiger partial charge in [-0.15, -0.1) is 0 Å². The molecule has 1 spiro atoms. The second kappa shape index (κ2) is 11.8. The highest BCUT2D eigenvalue weighted by Crippen LogP contribution is 2.64. The normalized spacial score (nSPS) is 13.1. The van der Waals surface area contributed by atoms with Gasteiger partial charge in [-0.2, -0.15) is 0 Å². The quantitative estimate of drug-likeness (QED) is 0.182. The molecular formula is C53H32N2O. The maximum absolute atomic E-state index is 6.91. The van der Waals surface area contributed by atoms with Crippen LogP contribution < -0.4 is 0 Å². The number of furan rings is 1. The van der Waals surface area contributed by atoms with Crippen molar-refractivity contribution in [1.82, 2.24) is 9.97 Å². The summed E-state index contributed by atoms with van der Waals surface area (Å²) < 4.78 is 6.91. The monoisotopic (exact) mass is 712 g/mol. The first-order chi connectivity index (χ1) is 27.8. The highest BCUT2D eigenvalue weighted by molar-refractivity contribution is 6.14. The van der Waals surface area contributed by atoms with Crippen molar-refractivity contribution in [3.8, 4) is 67.3 Å². The molecule has 0 radical (unpaired) electrons. The Morgan fingerprint density at radius 3 is 1.62 bits per heavy atom. The number of hydrogen-bond acceptors (Lipinski definition) is 3. The lowest BCUT2D eigenvalue weighted by Gasteiger charge is -2.30. The van der Waals surface area contributed by atoms with E-state index < -0.39 is 5.41 Å². The molecule has 12 rings (SSSR count). The summed E-state index contributed by atoms with van der Waals surface area (Å²) in [5, 5.41) is 2.23. The average Bonchev–Trinajstić information content (AvgIpc) is 3.91. The largest absolute Gasteiger partial charge is 0.455 e. The SMILES string of the molecule is c1ccc(-c2cc(-c3cccc(-c4ccc5oc6c7c(ccc6c5c4)C4(c5ccccc5-c5ccccc54)c4ccccc4-7)c3)nc(-c3ccccc3)n2)cc1. The third-order valence-corrected chi connectivity index (χ3v) is 11.9. The van der Waals surface area contributed by atoms with Gasteiger partial charge in [-0.3, -0.25) is 0 Å². The van der Waals surface area contributed by atoms with Crippen molar-refractivity contribution in [2.75, 3.05) is 0 Å². The van der Waals surface area contributed by atoms with Crippen LogP contribution in [0.1, 0.15) is 22.3 Å². The van der Waals surface area contributed by atoms with Crippen molar-refractivity contribution < 1.29 is 4.42 Å². The smallest absolute Gasteiger partial charge is 0.160 e. The van der Waals surface area contributed by atoms with E-state index in [1.807, 2.05) is 36.4 Å². The van der Waals surface area contributed by atoms with Crippen LogP contribution in [0.2, 0.25) is 0 Å². The molecule has 0 fully saturated rings. The van der Waals surface area contributed by atoms with E-state index in [0.29, 0.717) is 5.82 Å². The van der Waals surface area contributed by atoms with Gasteiger partial charge in [-0.1, -0.05) is 170 Å². The molecule has 8 aromatic carbocycles. The Morgan fingerprint density at radius 2 is 0.911 bits per heavy atom. The topological polar surface area (TPSA) is 38.9 Å². The number of hydrogen-bond donors (Lipinski definition) is 0. The lowest BCUT2D eigenvalue weighted by Crippen LogP contribution is -2.25. The Kier molecular flexibility index (Phi) is 6.55. The first-order valence-electron chi connectivity index (χ1n) is 19.2. The molecule has 0 unspecified atom stereocenters. The molecule has 3 heteroatoms. The summed E-state index contributed by atoms with van der Waals surface area (Å²) in [5.41, 5.74) is 18.8. The molecule has 0 aliphatic heterocycles. The van der Waals surface area contributed by atoms with Crippen molar-refractivity contribution in [3.63, 3.8) is 0 Å². The van der Waals surface area contributed by atoms with Gasteiger partial charge in [0.2, 0.25) is 0 Å². The van der Waals surface area contributed by atoms with E-state index >= 15 is 0 Å². The van der Waals surface area contributed by atoms with Crippen LogP contribution in [-0.2, 0) is 5.41 Å². The van der Waals surface area contributed by atoms with Gasteiger partial charge in [0.05, 0.1) is 16.8 Å². The number of fused-ring (bicyclic) bond motifs is 14. The minimum absolute atomic E-state index is 0.403. The molecule has 0 atom stereocenters. The maximum atomic E-state index is 6.91. The van der Waals surface area contributed by atoms with Gasteiger partial charge in [-0.25, -0.2) is 9.97 Å². The van der Waals surface area contributed by atoms with Crippen LogP contribution in [0.3, 0.4) is 0 Å². The molecule has 0 amide bonds. The Bertz CT molecular complexity index is 3090. The first kappa shape index (κ1) is 31.0. The van der Waals surface area contributed by atoms with Gasteiger partial charge in [0, 0.05) is 33.0 Å². The fourth-order valence-corrected chi connectivity index (χ4v) is 9.51. The molecule has 2 aromatic heterocycles. The zero-order valence-electron chi connectivity index (χ0n) is 30.3. The van der Waals surface area contributed by atoms with E-state index in [2.05, 4.69) is 158 Å². The molecule has 260 valence electrons. The third kappa shape index (κ3) is 4.34. The summed E-state index contributed by atoms with van der Waals surface area (Å²) in [6.07, 6.45) is 0. The summed E-state index contributed by atoms with van der Waals surface area (Å²) in [6.45, 7) is 0. The zero-order valence-corrected chi connectivity index (χ0v) is 30.3. The predicted molar refractivity (Wildman–Crippen MR) is 227 cm³/mol. The number of rotatable bonds is 4. The van der Waals surface area contributed by atoms with Gasteiger partial charge in [0.1, 0.15) is 11.2 Å². The van der Waals surface area contributed by atoms with Crippen LogP contribution in [0.25, 0.3) is 89.2 Å². The molecule has 0 bridgehead atoms. The van der Waals surface area contributed by atoms with Crippen molar-refractivity contribution in [1.29, 1.82) is 0 Å². The van der Waals surface area contributed by atoms with E-state index in [-0.39, 0.29) is 0 Å². The standard InChI is InChI=1S/C53H32N2O/c1-3-14-33(15-4-1)47-32-48(55-52(54-47)34-16-5-2-6-17-34)37-19-13-18-35(30-37)36-26-29-49-42(31-36)40-27-28-46-50(51(40)56-49)41-22-9-12-25-45(41)53(46)43-23-10-7-20-38(43)39-21-8-11-24-44(39)53/h1-32H. The molecule has 2 aliphatic rings. The van der Waals surface area contributed by atoms with Crippen LogP contribution in [-0.4, -0.2) is 9.97 Å². The van der Waals surface area contributed by atoms with Crippen LogP contribution in [0.5, 0.6) is 0 Å². The Hall–Kier alpha value is -7.36. The second-order valence-corrected chi connectivity index (χ2v) is 14.8. The fraction of sp³-hybridized carbons (Fsp3) is 0.0189. The Balaban J connectivity index is 1.01. The molecule has 3 nitrogen and oxygen atoms in total. The Labute approximate surface area is 324 Å². The Morgan fingerprint density at radius 1 is 0.357 bits per heavy atom. The molecule has 0 saturated carbocycles. The molecule has 0 N–H and O–H groups in total. The van der Waals surface area contributed by atoms with E-state index in [9.17, 15) is 0 Å². The molecule has 2 heterocycles. The van der Waals surface area contributed by atoms with E-state index in [1.165, 1.54) is 44.5 Å². The van der Waals surface area contributed by atoms with E-state index in [1.54, 1.807) is 0 Å². The average molecular weight is 713 g/mol. The first-order valence-corrected chi connectivity index (χ1v) is 19.2. The minimum atomic E-state index is -0.403. The lowest BCUT2D eigenvalue weighted by atomic mass is 9.70. The van der Waals surface area contributed by atoms with E-state index in [4.69, 9.17) is 14.4 Å². The summed E-state index contributed by atoms with van der Waals surface area (Å²) in [7, 11) is 0. The van der Waals surface area contributed by atoms with Crippen LogP contribution >= 0.6 is 0 Å². The van der Waals surface area contributed by atoms with Crippen molar-refractivity contribution in [3.05, 3.63) is 216 Å². The molecule has 0 saturated heterocycles. The van der Waals surface area contributed by atoms with Crippen LogP contribution in [0.4, 0.5) is 0 Å². The predicted octanol–water partition coefficient (Wildman–Crippen LogP) is 13.4. The summed E-state index contributed by atoms with van der Waals surface area (Å²) in [6, 6.07) is 69.3. The lowest BCUT2D eigenvalue weighted by molar-refractivity contribution is 0.669. The van der Waals surface area contributed by atoms with Gasteiger partial charge in [0.15, 0.2) is 5.82 Å². The third-order valence-electron chi connectivity index (χ3n) is 11.9. The zero-order chi connectivity index (χ0) is 36.8. The number of benzene rings is 8. The molecule has 2 aliphatic carbocycles. The van der Waals surface area contributed by atoms with Crippen molar-refractivity contribution in [2.45, 2.75) is 5.41 Å². The summed E-state index contributed by atoms with van der Waals surface area (Å²) in [5.74, 6) is 0.708. The van der Waals surface area contributed by atoms with Gasteiger partial charge in [0.25, 0.3) is 0 Å². The maximum Gasteiger partial charge on any atom is 0.160 e. The van der Waals surface area contributed by atoms with Crippen LogP contribution in [0, 0.1) is 0 Å². The van der Waals surface area contributed by atoms with Crippen LogP contribution in [0.15, 0.2) is 199 Å². The molecule has 56 heavy (non-hydrogen) atoms. The molecule has 10 aromatic rings.